The van der Waals surface area contributed by atoms with Gasteiger partial charge in [-0.05, 0) is 37.8 Å². The summed E-state index contributed by atoms with van der Waals surface area (Å²) in [5.41, 5.74) is 0. The number of nitrogens with zero attached hydrogens (tertiary/aromatic N) is 1. The molecule has 1 N–H and O–H groups in total. The van der Waals surface area contributed by atoms with Crippen LogP contribution in [0.25, 0.3) is 0 Å². The van der Waals surface area contributed by atoms with Crippen molar-refractivity contribution in [2.45, 2.75) is 50.1 Å². The number of rotatable bonds is 5. The van der Waals surface area contributed by atoms with E-state index in [1.165, 1.54) is 11.3 Å². The topological polar surface area (TPSA) is 49.4 Å². The maximum Gasteiger partial charge on any atom is 0.244 e. The molecule has 0 radical (unpaired) electrons. The lowest BCUT2D eigenvalue weighted by molar-refractivity contribution is 0.246. The third-order valence-electron chi connectivity index (χ3n) is 3.67. The van der Waals surface area contributed by atoms with E-state index in [2.05, 4.69) is 12.2 Å². The van der Waals surface area contributed by atoms with Crippen molar-refractivity contribution in [1.29, 1.82) is 0 Å². The van der Waals surface area contributed by atoms with Crippen LogP contribution in [-0.4, -0.2) is 32.4 Å². The molecule has 2 heterocycles. The molecule has 0 aromatic carbocycles. The van der Waals surface area contributed by atoms with E-state index >= 15 is 0 Å². The smallest absolute Gasteiger partial charge is 0.244 e. The maximum absolute atomic E-state index is 12.8. The van der Waals surface area contributed by atoms with Crippen molar-refractivity contribution in [2.75, 3.05) is 13.6 Å². The first-order chi connectivity index (χ1) is 9.11. The fraction of sp³-hybridized carbons (Fsp3) is 0.692. The lowest BCUT2D eigenvalue weighted by Crippen LogP contribution is -2.43. The van der Waals surface area contributed by atoms with Crippen molar-refractivity contribution in [2.24, 2.45) is 0 Å². The van der Waals surface area contributed by atoms with Crippen LogP contribution in [0.15, 0.2) is 16.3 Å². The second kappa shape index (κ2) is 6.35. The minimum atomic E-state index is -3.33. The molecule has 0 aliphatic carbocycles. The first-order valence-corrected chi connectivity index (χ1v) is 9.16. The molecule has 6 heteroatoms. The van der Waals surface area contributed by atoms with Crippen molar-refractivity contribution in [1.82, 2.24) is 9.62 Å². The van der Waals surface area contributed by atoms with E-state index in [9.17, 15) is 8.42 Å². The highest BCUT2D eigenvalue weighted by Gasteiger charge is 2.34. The van der Waals surface area contributed by atoms with E-state index in [1.54, 1.807) is 10.4 Å². The molecule has 108 valence electrons. The summed E-state index contributed by atoms with van der Waals surface area (Å²) in [5, 5.41) is 4.90. The van der Waals surface area contributed by atoms with Gasteiger partial charge in [0.25, 0.3) is 0 Å². The minimum Gasteiger partial charge on any atom is -0.315 e. The molecule has 1 aromatic heterocycles. The molecule has 19 heavy (non-hydrogen) atoms. The van der Waals surface area contributed by atoms with E-state index < -0.39 is 10.0 Å². The first kappa shape index (κ1) is 15.0. The molecule has 1 aromatic rings. The summed E-state index contributed by atoms with van der Waals surface area (Å²) >= 11 is 1.51. The summed E-state index contributed by atoms with van der Waals surface area (Å²) in [7, 11) is -1.49. The maximum atomic E-state index is 12.8. The first-order valence-electron chi connectivity index (χ1n) is 6.84. The molecule has 1 unspecified atom stereocenters. The Morgan fingerprint density at radius 2 is 2.26 bits per heavy atom. The molecule has 1 fully saturated rings. The van der Waals surface area contributed by atoms with Gasteiger partial charge in [-0.25, -0.2) is 8.42 Å². The van der Waals surface area contributed by atoms with Gasteiger partial charge in [-0.3, -0.25) is 0 Å². The Hall–Kier alpha value is -0.430. The molecular formula is C13H22N2O2S2. The highest BCUT2D eigenvalue weighted by molar-refractivity contribution is 7.89. The molecule has 2 rings (SSSR count). The standard InChI is InChI=1S/C13H22N2O2S2/c1-3-11-6-4-5-8-15(11)19(16,17)13-7-9-18-12(13)10-14-2/h7,9,11,14H,3-6,8,10H2,1-2H3. The van der Waals surface area contributed by atoms with Gasteiger partial charge in [0, 0.05) is 24.0 Å². The Kier molecular flexibility index (Phi) is 5.00. The van der Waals surface area contributed by atoms with Gasteiger partial charge in [0.15, 0.2) is 0 Å². The molecule has 0 spiro atoms. The fourth-order valence-electron chi connectivity index (χ4n) is 2.67. The molecule has 1 aliphatic heterocycles. The van der Waals surface area contributed by atoms with E-state index in [4.69, 9.17) is 0 Å². The van der Waals surface area contributed by atoms with Crippen LogP contribution in [-0.2, 0) is 16.6 Å². The van der Waals surface area contributed by atoms with Gasteiger partial charge in [0.05, 0.1) is 4.90 Å². The minimum absolute atomic E-state index is 0.168. The van der Waals surface area contributed by atoms with Crippen LogP contribution in [0, 0.1) is 0 Å². The highest BCUT2D eigenvalue weighted by Crippen LogP contribution is 2.30. The van der Waals surface area contributed by atoms with Crippen molar-refractivity contribution in [3.63, 3.8) is 0 Å². The lowest BCUT2D eigenvalue weighted by Gasteiger charge is -2.34. The largest absolute Gasteiger partial charge is 0.315 e. The molecule has 1 aliphatic rings. The zero-order valence-electron chi connectivity index (χ0n) is 11.6. The summed E-state index contributed by atoms with van der Waals surface area (Å²) < 4.78 is 27.4. The summed E-state index contributed by atoms with van der Waals surface area (Å²) in [6.45, 7) is 3.34. The van der Waals surface area contributed by atoms with Gasteiger partial charge in [0.2, 0.25) is 10.0 Å². The Morgan fingerprint density at radius 1 is 1.47 bits per heavy atom. The van der Waals surface area contributed by atoms with Crippen LogP contribution in [0.2, 0.25) is 0 Å². The normalized spacial score (nSPS) is 21.7. The predicted octanol–water partition coefficient (Wildman–Crippen LogP) is 2.42. The van der Waals surface area contributed by atoms with E-state index in [0.717, 1.165) is 30.6 Å². The highest BCUT2D eigenvalue weighted by atomic mass is 32.2. The molecule has 0 bridgehead atoms. The zero-order valence-corrected chi connectivity index (χ0v) is 13.2. The second-order valence-corrected chi connectivity index (χ2v) is 7.77. The van der Waals surface area contributed by atoms with Gasteiger partial charge in [-0.1, -0.05) is 13.3 Å². The number of piperidine rings is 1. The van der Waals surface area contributed by atoms with Crippen molar-refractivity contribution >= 4 is 21.4 Å². The van der Waals surface area contributed by atoms with Crippen LogP contribution in [0.5, 0.6) is 0 Å². The van der Waals surface area contributed by atoms with Gasteiger partial charge in [0.1, 0.15) is 0 Å². The van der Waals surface area contributed by atoms with Gasteiger partial charge in [-0.15, -0.1) is 11.3 Å². The van der Waals surface area contributed by atoms with Gasteiger partial charge in [-0.2, -0.15) is 4.31 Å². The summed E-state index contributed by atoms with van der Waals surface area (Å²) in [4.78, 5) is 1.40. The predicted molar refractivity (Wildman–Crippen MR) is 78.9 cm³/mol. The fourth-order valence-corrected chi connectivity index (χ4v) is 5.87. The van der Waals surface area contributed by atoms with Gasteiger partial charge < -0.3 is 5.32 Å². The third kappa shape index (κ3) is 3.02. The third-order valence-corrected chi connectivity index (χ3v) is 6.76. The van der Waals surface area contributed by atoms with Crippen molar-refractivity contribution < 1.29 is 8.42 Å². The van der Waals surface area contributed by atoms with Crippen molar-refractivity contribution in [3.8, 4) is 0 Å². The van der Waals surface area contributed by atoms with Crippen LogP contribution in [0.3, 0.4) is 0 Å². The molecular weight excluding hydrogens is 280 g/mol. The molecule has 0 saturated carbocycles. The lowest BCUT2D eigenvalue weighted by atomic mass is 10.0. The average Bonchev–Trinajstić information content (AvgIpc) is 2.88. The molecule has 0 amide bonds. The van der Waals surface area contributed by atoms with Crippen LogP contribution in [0.4, 0.5) is 0 Å². The Bertz CT molecular complexity index is 510. The number of hydrogen-bond donors (Lipinski definition) is 1. The number of thiophene rings is 1. The number of nitrogens with one attached hydrogen (secondary N) is 1. The SMILES string of the molecule is CCC1CCCCN1S(=O)(=O)c1ccsc1CNC. The quantitative estimate of drug-likeness (QED) is 0.909. The zero-order chi connectivity index (χ0) is 13.9. The van der Waals surface area contributed by atoms with Crippen LogP contribution in [0.1, 0.15) is 37.5 Å². The summed E-state index contributed by atoms with van der Waals surface area (Å²) in [6.07, 6.45) is 3.99. The Morgan fingerprint density at radius 3 is 2.95 bits per heavy atom. The molecule has 4 nitrogen and oxygen atoms in total. The monoisotopic (exact) mass is 302 g/mol. The van der Waals surface area contributed by atoms with Crippen LogP contribution >= 0.6 is 11.3 Å². The van der Waals surface area contributed by atoms with E-state index in [1.807, 2.05) is 12.4 Å². The summed E-state index contributed by atoms with van der Waals surface area (Å²) in [6, 6.07) is 1.91. The Labute approximate surface area is 119 Å². The summed E-state index contributed by atoms with van der Waals surface area (Å²) in [5.74, 6) is 0. The molecule has 1 atom stereocenters. The van der Waals surface area contributed by atoms with Crippen LogP contribution < -0.4 is 5.32 Å². The Balaban J connectivity index is 2.32. The van der Waals surface area contributed by atoms with E-state index in [0.29, 0.717) is 18.0 Å². The van der Waals surface area contributed by atoms with Crippen molar-refractivity contribution in [3.05, 3.63) is 16.3 Å². The number of sulfonamides is 1. The number of hydrogen-bond acceptors (Lipinski definition) is 4. The van der Waals surface area contributed by atoms with Gasteiger partial charge >= 0.3 is 0 Å². The van der Waals surface area contributed by atoms with E-state index in [-0.39, 0.29) is 6.04 Å². The second-order valence-electron chi connectivity index (χ2n) is 4.91. The molecule has 1 saturated heterocycles. The average molecular weight is 302 g/mol.